The maximum Gasteiger partial charge on any atom is 0.333 e. The monoisotopic (exact) mass is 356 g/mol. The zero-order valence-corrected chi connectivity index (χ0v) is 17.8. The molecule has 0 bridgehead atoms. The Morgan fingerprint density at radius 2 is 1.25 bits per heavy atom. The summed E-state index contributed by atoms with van der Waals surface area (Å²) in [5.74, 6) is 0.433. The van der Waals surface area contributed by atoms with Gasteiger partial charge in [0.25, 0.3) is 8.32 Å². The number of hydrogen-bond donors (Lipinski definition) is 0. The van der Waals surface area contributed by atoms with Gasteiger partial charge < -0.3 is 9.16 Å². The van der Waals surface area contributed by atoms with Gasteiger partial charge in [-0.2, -0.15) is 0 Å². The van der Waals surface area contributed by atoms with Gasteiger partial charge in [0.1, 0.15) is 0 Å². The van der Waals surface area contributed by atoms with E-state index < -0.39 is 26.4 Å². The Labute approximate surface area is 149 Å². The average Bonchev–Trinajstić information content (AvgIpc) is 2.34. The van der Waals surface area contributed by atoms with Gasteiger partial charge in [0.05, 0.1) is 0 Å². The molecule has 0 radical (unpaired) electrons. The first-order chi connectivity index (χ1) is 10.9. The van der Waals surface area contributed by atoms with E-state index in [0.29, 0.717) is 17.8 Å². The first kappa shape index (κ1) is 22.9. The zero-order valence-electron chi connectivity index (χ0n) is 16.8. The standard InChI is InChI=1S/C19H36O4Si/c1-13(2)10-24(11-14(3)4,12-15(5)6)23-19(21)17(9)22-18(20)16(7)8/h13-15,17H,7,10-12H2,1-6,8-9H3. The van der Waals surface area contributed by atoms with E-state index in [9.17, 15) is 9.59 Å². The largest absolute Gasteiger partial charge is 0.516 e. The molecule has 0 fully saturated rings. The van der Waals surface area contributed by atoms with Crippen molar-refractivity contribution in [2.75, 3.05) is 0 Å². The van der Waals surface area contributed by atoms with Crippen LogP contribution in [0.25, 0.3) is 0 Å². The van der Waals surface area contributed by atoms with Gasteiger partial charge in [-0.3, -0.25) is 0 Å². The Hall–Kier alpha value is -1.10. The van der Waals surface area contributed by atoms with Crippen molar-refractivity contribution in [2.45, 2.75) is 79.6 Å². The molecule has 0 aliphatic carbocycles. The van der Waals surface area contributed by atoms with Crippen LogP contribution in [0.15, 0.2) is 12.2 Å². The van der Waals surface area contributed by atoms with E-state index in [0.717, 1.165) is 18.1 Å². The molecule has 1 unspecified atom stereocenters. The van der Waals surface area contributed by atoms with Crippen molar-refractivity contribution in [2.24, 2.45) is 17.8 Å². The average molecular weight is 357 g/mol. The number of carbonyl (C=O) groups is 2. The Morgan fingerprint density at radius 3 is 1.54 bits per heavy atom. The number of carbonyl (C=O) groups excluding carboxylic acids is 2. The van der Waals surface area contributed by atoms with Crippen molar-refractivity contribution in [1.29, 1.82) is 0 Å². The van der Waals surface area contributed by atoms with Crippen LogP contribution in [0.1, 0.15) is 55.4 Å². The topological polar surface area (TPSA) is 52.6 Å². The minimum absolute atomic E-state index is 0.282. The highest BCUT2D eigenvalue weighted by Gasteiger charge is 2.41. The lowest BCUT2D eigenvalue weighted by molar-refractivity contribution is -0.158. The molecule has 1 atom stereocenters. The summed E-state index contributed by atoms with van der Waals surface area (Å²) in [7, 11) is -2.25. The zero-order chi connectivity index (χ0) is 19.1. The lowest BCUT2D eigenvalue weighted by atomic mass is 10.2. The maximum absolute atomic E-state index is 12.6. The lowest BCUT2D eigenvalue weighted by Crippen LogP contribution is -2.46. The summed E-state index contributed by atoms with van der Waals surface area (Å²) in [6.07, 6.45) is -0.896. The Bertz CT molecular complexity index is 414. The maximum atomic E-state index is 12.6. The fourth-order valence-corrected chi connectivity index (χ4v) is 9.02. The second-order valence-electron chi connectivity index (χ2n) is 8.23. The number of rotatable bonds is 10. The van der Waals surface area contributed by atoms with Gasteiger partial charge in [0.15, 0.2) is 6.10 Å². The van der Waals surface area contributed by atoms with Crippen molar-refractivity contribution in [3.8, 4) is 0 Å². The summed E-state index contributed by atoms with van der Waals surface area (Å²) < 4.78 is 11.2. The number of ether oxygens (including phenoxy) is 1. The molecule has 0 aliphatic rings. The van der Waals surface area contributed by atoms with Gasteiger partial charge in [0, 0.05) is 5.57 Å². The van der Waals surface area contributed by atoms with Crippen molar-refractivity contribution in [3.63, 3.8) is 0 Å². The molecule has 0 rings (SSSR count). The van der Waals surface area contributed by atoms with Crippen LogP contribution in [-0.4, -0.2) is 26.4 Å². The predicted molar refractivity (Wildman–Crippen MR) is 101 cm³/mol. The molecule has 0 saturated heterocycles. The summed E-state index contributed by atoms with van der Waals surface area (Å²) in [6, 6.07) is 2.82. The second kappa shape index (κ2) is 10.0. The molecule has 140 valence electrons. The lowest BCUT2D eigenvalue weighted by Gasteiger charge is -2.36. The molecule has 0 aliphatic heterocycles. The van der Waals surface area contributed by atoms with Crippen LogP contribution in [0.5, 0.6) is 0 Å². The molecule has 0 saturated carbocycles. The van der Waals surface area contributed by atoms with E-state index in [1.54, 1.807) is 13.8 Å². The highest BCUT2D eigenvalue weighted by Crippen LogP contribution is 2.33. The molecule has 4 nitrogen and oxygen atoms in total. The van der Waals surface area contributed by atoms with Crippen LogP contribution in [0, 0.1) is 17.8 Å². The summed E-state index contributed by atoms with van der Waals surface area (Å²) >= 11 is 0. The number of esters is 1. The second-order valence-corrected chi connectivity index (χ2v) is 12.0. The molecule has 0 aromatic rings. The van der Waals surface area contributed by atoms with Crippen LogP contribution in [0.4, 0.5) is 0 Å². The smallest absolute Gasteiger partial charge is 0.333 e. The van der Waals surface area contributed by atoms with E-state index in [-0.39, 0.29) is 5.57 Å². The fourth-order valence-electron chi connectivity index (χ4n) is 3.21. The van der Waals surface area contributed by atoms with E-state index >= 15 is 0 Å². The quantitative estimate of drug-likeness (QED) is 0.316. The fraction of sp³-hybridized carbons (Fsp3) is 0.789. The van der Waals surface area contributed by atoms with Crippen LogP contribution in [0.3, 0.4) is 0 Å². The summed E-state index contributed by atoms with van der Waals surface area (Å²) in [5, 5.41) is 0. The SMILES string of the molecule is C=C(C)C(=O)OC(C)C(=O)O[Si](CC(C)C)(CC(C)C)CC(C)C. The van der Waals surface area contributed by atoms with Gasteiger partial charge in [-0.1, -0.05) is 48.1 Å². The Morgan fingerprint density at radius 1 is 0.875 bits per heavy atom. The molecular formula is C19H36O4Si. The Balaban J connectivity index is 5.29. The minimum atomic E-state index is -2.25. The molecule has 5 heteroatoms. The summed E-state index contributed by atoms with van der Waals surface area (Å²) in [4.78, 5) is 24.2. The minimum Gasteiger partial charge on any atom is -0.516 e. The van der Waals surface area contributed by atoms with Gasteiger partial charge in [-0.15, -0.1) is 0 Å². The van der Waals surface area contributed by atoms with E-state index in [4.69, 9.17) is 9.16 Å². The van der Waals surface area contributed by atoms with Gasteiger partial charge in [-0.05, 0) is 49.7 Å². The molecule has 0 aromatic carbocycles. The van der Waals surface area contributed by atoms with Gasteiger partial charge in [-0.25, -0.2) is 9.59 Å². The highest BCUT2D eigenvalue weighted by atomic mass is 28.4. The van der Waals surface area contributed by atoms with Crippen LogP contribution in [-0.2, 0) is 18.8 Å². The summed E-state index contributed by atoms with van der Waals surface area (Å²) in [5.41, 5.74) is 0.282. The van der Waals surface area contributed by atoms with Crippen molar-refractivity contribution in [1.82, 2.24) is 0 Å². The van der Waals surface area contributed by atoms with Crippen LogP contribution < -0.4 is 0 Å². The third kappa shape index (κ3) is 8.67. The molecule has 0 heterocycles. The summed E-state index contributed by atoms with van der Waals surface area (Å²) in [6.45, 7) is 19.7. The molecular weight excluding hydrogens is 320 g/mol. The van der Waals surface area contributed by atoms with E-state index in [1.807, 2.05) is 0 Å². The van der Waals surface area contributed by atoms with E-state index in [2.05, 4.69) is 48.1 Å². The van der Waals surface area contributed by atoms with Crippen molar-refractivity contribution >= 4 is 20.3 Å². The molecule has 0 spiro atoms. The van der Waals surface area contributed by atoms with Gasteiger partial charge in [0.2, 0.25) is 0 Å². The Kier molecular flexibility index (Phi) is 9.56. The third-order valence-corrected chi connectivity index (χ3v) is 8.94. The third-order valence-electron chi connectivity index (χ3n) is 3.62. The molecule has 0 N–H and O–H groups in total. The molecule has 0 aromatic heterocycles. The van der Waals surface area contributed by atoms with Crippen LogP contribution >= 0.6 is 0 Å². The van der Waals surface area contributed by atoms with Crippen molar-refractivity contribution < 1.29 is 18.8 Å². The van der Waals surface area contributed by atoms with Crippen LogP contribution in [0.2, 0.25) is 18.1 Å². The predicted octanol–water partition coefficient (Wildman–Crippen LogP) is 4.95. The first-order valence-corrected chi connectivity index (χ1v) is 11.5. The first-order valence-electron chi connectivity index (χ1n) is 8.98. The molecule has 24 heavy (non-hydrogen) atoms. The van der Waals surface area contributed by atoms with Gasteiger partial charge >= 0.3 is 11.9 Å². The van der Waals surface area contributed by atoms with Crippen molar-refractivity contribution in [3.05, 3.63) is 12.2 Å². The van der Waals surface area contributed by atoms with E-state index in [1.165, 1.54) is 0 Å². The highest BCUT2D eigenvalue weighted by molar-refractivity contribution is 6.75. The number of hydrogen-bond acceptors (Lipinski definition) is 4. The molecule has 0 amide bonds. The normalized spacial score (nSPS) is 13.3.